The number of amides is 1. The maximum atomic E-state index is 12.4. The van der Waals surface area contributed by atoms with Crippen LogP contribution in [0.3, 0.4) is 0 Å². The van der Waals surface area contributed by atoms with E-state index in [4.69, 9.17) is 18.9 Å². The summed E-state index contributed by atoms with van der Waals surface area (Å²) in [6.45, 7) is 7.29. The molecule has 0 N–H and O–H groups in total. The van der Waals surface area contributed by atoms with Gasteiger partial charge in [0.1, 0.15) is 11.9 Å². The summed E-state index contributed by atoms with van der Waals surface area (Å²) in [5.74, 6) is 0.223. The van der Waals surface area contributed by atoms with E-state index in [1.54, 1.807) is 0 Å². The number of carbonyl (C=O) groups is 1. The van der Waals surface area contributed by atoms with Crippen LogP contribution in [0.15, 0.2) is 42.5 Å². The molecular formula is C29H38INO5. The quantitative estimate of drug-likeness (QED) is 0.181. The van der Waals surface area contributed by atoms with Gasteiger partial charge in [-0.1, -0.05) is 31.0 Å². The Labute approximate surface area is 228 Å². The van der Waals surface area contributed by atoms with Crippen molar-refractivity contribution < 1.29 is 23.7 Å². The maximum absolute atomic E-state index is 12.4. The molecular weight excluding hydrogens is 569 g/mol. The fourth-order valence-electron chi connectivity index (χ4n) is 4.61. The molecule has 36 heavy (non-hydrogen) atoms. The van der Waals surface area contributed by atoms with Gasteiger partial charge in [0.05, 0.1) is 13.2 Å². The van der Waals surface area contributed by atoms with E-state index in [1.807, 2.05) is 36.9 Å². The van der Waals surface area contributed by atoms with E-state index < -0.39 is 5.79 Å². The minimum atomic E-state index is -0.612. The van der Waals surface area contributed by atoms with Crippen LogP contribution in [0.4, 0.5) is 4.79 Å². The van der Waals surface area contributed by atoms with Gasteiger partial charge in [-0.2, -0.15) is 0 Å². The van der Waals surface area contributed by atoms with E-state index in [1.165, 1.54) is 9.13 Å². The number of hydrogen-bond acceptors (Lipinski definition) is 5. The molecule has 0 bridgehead atoms. The Hall–Kier alpha value is -1.84. The topological polar surface area (TPSA) is 57.2 Å². The molecule has 1 fully saturated rings. The van der Waals surface area contributed by atoms with Crippen molar-refractivity contribution in [2.24, 2.45) is 0 Å². The molecule has 0 radical (unpaired) electrons. The van der Waals surface area contributed by atoms with Crippen LogP contribution in [-0.2, 0) is 27.2 Å². The number of halogens is 1. The van der Waals surface area contributed by atoms with E-state index in [2.05, 4.69) is 46.9 Å². The van der Waals surface area contributed by atoms with Gasteiger partial charge in [0, 0.05) is 42.7 Å². The van der Waals surface area contributed by atoms with Gasteiger partial charge in [0.2, 0.25) is 5.79 Å². The molecule has 0 spiro atoms. The van der Waals surface area contributed by atoms with Crippen LogP contribution in [0.2, 0.25) is 0 Å². The van der Waals surface area contributed by atoms with Crippen molar-refractivity contribution in [1.82, 2.24) is 4.90 Å². The molecule has 2 aromatic carbocycles. The van der Waals surface area contributed by atoms with Crippen molar-refractivity contribution in [2.75, 3.05) is 26.3 Å². The number of carbonyl (C=O) groups excluding carboxylic acids is 1. The molecule has 0 aliphatic carbocycles. The second kappa shape index (κ2) is 13.1. The fraction of sp³-hybridized carbons (Fsp3) is 0.552. The monoisotopic (exact) mass is 607 g/mol. The van der Waals surface area contributed by atoms with Crippen LogP contribution >= 0.6 is 22.6 Å². The summed E-state index contributed by atoms with van der Waals surface area (Å²) in [6.07, 6.45) is 7.19. The Kier molecular flexibility index (Phi) is 9.90. The minimum Gasteiger partial charge on any atom is -0.463 e. The highest BCUT2D eigenvalue weighted by atomic mass is 127. The summed E-state index contributed by atoms with van der Waals surface area (Å²) in [6, 6.07) is 14.7. The number of cyclic esters (lactones) is 1. The third-order valence-electron chi connectivity index (χ3n) is 6.63. The van der Waals surface area contributed by atoms with Crippen LogP contribution in [0.1, 0.15) is 75.2 Å². The highest BCUT2D eigenvalue weighted by Gasteiger charge is 2.33. The average Bonchev–Trinajstić information content (AvgIpc) is 3.22. The van der Waals surface area contributed by atoms with Crippen molar-refractivity contribution in [3.8, 4) is 5.75 Å². The highest BCUT2D eigenvalue weighted by molar-refractivity contribution is 14.1. The predicted molar refractivity (Wildman–Crippen MR) is 148 cm³/mol. The van der Waals surface area contributed by atoms with E-state index in [0.717, 1.165) is 81.6 Å². The summed E-state index contributed by atoms with van der Waals surface area (Å²) in [7, 11) is 0. The van der Waals surface area contributed by atoms with Gasteiger partial charge < -0.3 is 23.8 Å². The molecule has 196 valence electrons. The molecule has 6 nitrogen and oxygen atoms in total. The lowest BCUT2D eigenvalue weighted by molar-refractivity contribution is -0.180. The highest BCUT2D eigenvalue weighted by Crippen LogP contribution is 2.35. The predicted octanol–water partition coefficient (Wildman–Crippen LogP) is 7.03. The van der Waals surface area contributed by atoms with Crippen molar-refractivity contribution in [2.45, 2.75) is 77.3 Å². The molecule has 1 saturated heterocycles. The summed E-state index contributed by atoms with van der Waals surface area (Å²) in [4.78, 5) is 14.2. The maximum Gasteiger partial charge on any atom is 0.410 e. The van der Waals surface area contributed by atoms with Gasteiger partial charge in [-0.3, -0.25) is 0 Å². The smallest absolute Gasteiger partial charge is 0.410 e. The number of hydrogen-bond donors (Lipinski definition) is 0. The molecule has 0 aromatic heterocycles. The number of benzene rings is 2. The molecule has 0 saturated carbocycles. The number of ether oxygens (including phenoxy) is 4. The minimum absolute atomic E-state index is 0.222. The van der Waals surface area contributed by atoms with E-state index in [-0.39, 0.29) is 12.2 Å². The van der Waals surface area contributed by atoms with Crippen molar-refractivity contribution in [3.63, 3.8) is 0 Å². The first-order chi connectivity index (χ1) is 17.4. The van der Waals surface area contributed by atoms with Gasteiger partial charge in [0.25, 0.3) is 0 Å². The van der Waals surface area contributed by atoms with Crippen molar-refractivity contribution >= 4 is 28.7 Å². The van der Waals surface area contributed by atoms with Gasteiger partial charge in [-0.15, -0.1) is 0 Å². The molecule has 2 heterocycles. The second-order valence-corrected chi connectivity index (χ2v) is 11.3. The fourth-order valence-corrected chi connectivity index (χ4v) is 5.22. The average molecular weight is 608 g/mol. The lowest BCUT2D eigenvalue weighted by atomic mass is 10.0. The summed E-state index contributed by atoms with van der Waals surface area (Å²) >= 11 is 2.36. The number of rotatable bonds is 13. The third kappa shape index (κ3) is 8.08. The van der Waals surface area contributed by atoms with E-state index in [9.17, 15) is 4.79 Å². The van der Waals surface area contributed by atoms with Crippen LogP contribution in [0, 0.1) is 3.57 Å². The van der Waals surface area contributed by atoms with E-state index >= 15 is 0 Å². The zero-order chi connectivity index (χ0) is 25.4. The first-order valence-corrected chi connectivity index (χ1v) is 14.2. The first kappa shape index (κ1) is 27.2. The lowest BCUT2D eigenvalue weighted by Crippen LogP contribution is -2.35. The van der Waals surface area contributed by atoms with Crippen molar-refractivity contribution in [3.05, 3.63) is 62.7 Å². The van der Waals surface area contributed by atoms with Crippen molar-refractivity contribution in [1.29, 1.82) is 0 Å². The standard InChI is InChI=1S/C29H38INO5/c1-29(2)34-21-24-19-23(13-14-26(24)36-29)27-20-31(28(32)35-27)15-6-3-4-7-16-33-17-8-5-10-22-11-9-12-25(30)18-22/h9,11-14,18-19,27H,3-8,10,15-17,20-21H2,1-2H3/t27-/m0/s1. The molecule has 1 atom stereocenters. The molecule has 4 rings (SSSR count). The first-order valence-electron chi connectivity index (χ1n) is 13.1. The summed E-state index contributed by atoms with van der Waals surface area (Å²) in [5, 5.41) is 0. The Balaban J connectivity index is 1.05. The van der Waals surface area contributed by atoms with Gasteiger partial charge in [-0.05, 0) is 90.1 Å². The van der Waals surface area contributed by atoms with Crippen LogP contribution < -0.4 is 4.74 Å². The molecule has 1 amide bonds. The van der Waals surface area contributed by atoms with Crippen LogP contribution in [-0.4, -0.2) is 43.1 Å². The zero-order valence-electron chi connectivity index (χ0n) is 21.5. The zero-order valence-corrected chi connectivity index (χ0v) is 23.6. The summed E-state index contributed by atoms with van der Waals surface area (Å²) < 4.78 is 24.4. The van der Waals surface area contributed by atoms with Gasteiger partial charge in [-0.25, -0.2) is 4.79 Å². The number of nitrogens with zero attached hydrogens (tertiary/aromatic N) is 1. The Bertz CT molecular complexity index is 1010. The van der Waals surface area contributed by atoms with Gasteiger partial charge >= 0.3 is 6.09 Å². The van der Waals surface area contributed by atoms with Crippen LogP contribution in [0.5, 0.6) is 5.75 Å². The molecule has 2 aliphatic rings. The molecule has 2 aliphatic heterocycles. The molecule has 7 heteroatoms. The Morgan fingerprint density at radius 1 is 1.03 bits per heavy atom. The molecule has 2 aromatic rings. The number of unbranched alkanes of at least 4 members (excludes halogenated alkanes) is 4. The SMILES string of the molecule is CC1(C)OCc2cc([C@@H]3CN(CCCCCCOCCCCc4cccc(I)c4)C(=O)O3)ccc2O1. The number of fused-ring (bicyclic) bond motifs is 1. The van der Waals surface area contributed by atoms with Crippen LogP contribution in [0.25, 0.3) is 0 Å². The number of aryl methyl sites for hydroxylation is 1. The summed E-state index contributed by atoms with van der Waals surface area (Å²) in [5.41, 5.74) is 3.40. The molecule has 0 unspecified atom stereocenters. The lowest BCUT2D eigenvalue weighted by Gasteiger charge is -2.32. The Morgan fingerprint density at radius 3 is 2.67 bits per heavy atom. The van der Waals surface area contributed by atoms with Gasteiger partial charge in [0.15, 0.2) is 0 Å². The second-order valence-electron chi connectivity index (χ2n) is 10.1. The third-order valence-corrected chi connectivity index (χ3v) is 7.31. The van der Waals surface area contributed by atoms with E-state index in [0.29, 0.717) is 13.2 Å². The Morgan fingerprint density at radius 2 is 1.83 bits per heavy atom. The largest absolute Gasteiger partial charge is 0.463 e. The normalized spacial score (nSPS) is 18.6.